The molecule has 11 rings (SSSR count). The molecule has 0 spiro atoms. The van der Waals surface area contributed by atoms with E-state index in [4.69, 9.17) is 14.4 Å². The van der Waals surface area contributed by atoms with Crippen molar-refractivity contribution in [3.63, 3.8) is 0 Å². The molecule has 0 saturated heterocycles. The van der Waals surface area contributed by atoms with E-state index < -0.39 is 0 Å². The summed E-state index contributed by atoms with van der Waals surface area (Å²) in [6.45, 7) is 0. The first-order valence-corrected chi connectivity index (χ1v) is 18.7. The van der Waals surface area contributed by atoms with Crippen LogP contribution in [0.25, 0.3) is 76.5 Å². The normalized spacial score (nSPS) is 14.4. The number of aliphatic imine (C=N–C) groups is 2. The highest BCUT2D eigenvalue weighted by atomic mass is 16.3. The maximum Gasteiger partial charge on any atom is 0.159 e. The molecule has 1 unspecified atom stereocenters. The zero-order valence-electron chi connectivity index (χ0n) is 29.8. The molecule has 1 N–H and O–H groups in total. The van der Waals surface area contributed by atoms with Crippen molar-refractivity contribution in [2.75, 3.05) is 0 Å². The van der Waals surface area contributed by atoms with Crippen molar-refractivity contribution in [1.82, 2.24) is 5.32 Å². The Bertz CT molecular complexity index is 3190. The Morgan fingerprint density at radius 1 is 0.418 bits per heavy atom. The van der Waals surface area contributed by atoms with Gasteiger partial charge >= 0.3 is 0 Å². The minimum atomic E-state index is -0.359. The molecule has 0 bridgehead atoms. The van der Waals surface area contributed by atoms with Crippen LogP contribution in [0, 0.1) is 0 Å². The van der Waals surface area contributed by atoms with Gasteiger partial charge in [-0.25, -0.2) is 9.98 Å². The van der Waals surface area contributed by atoms with Crippen molar-refractivity contribution in [3.8, 4) is 22.3 Å². The van der Waals surface area contributed by atoms with Crippen LogP contribution < -0.4 is 5.32 Å². The number of benzene rings is 9. The van der Waals surface area contributed by atoms with Crippen molar-refractivity contribution in [2.45, 2.75) is 6.17 Å². The van der Waals surface area contributed by atoms with E-state index in [1.165, 1.54) is 32.7 Å². The van der Waals surface area contributed by atoms with Crippen molar-refractivity contribution in [2.24, 2.45) is 9.98 Å². The van der Waals surface area contributed by atoms with Crippen molar-refractivity contribution in [1.29, 1.82) is 0 Å². The molecule has 10 aromatic rings. The fourth-order valence-electron chi connectivity index (χ4n) is 8.30. The molecule has 2 heterocycles. The first-order chi connectivity index (χ1) is 27.2. The molecule has 258 valence electrons. The summed E-state index contributed by atoms with van der Waals surface area (Å²) in [5.41, 5.74) is 9.50. The third-order valence-electron chi connectivity index (χ3n) is 10.9. The molecule has 0 fully saturated rings. The Balaban J connectivity index is 1.06. The van der Waals surface area contributed by atoms with Gasteiger partial charge in [-0.05, 0) is 78.8 Å². The van der Waals surface area contributed by atoms with Gasteiger partial charge in [0.05, 0.1) is 0 Å². The molecule has 1 aliphatic rings. The molecule has 0 aliphatic carbocycles. The lowest BCUT2D eigenvalue weighted by Gasteiger charge is -2.25. The van der Waals surface area contributed by atoms with Gasteiger partial charge in [-0.2, -0.15) is 0 Å². The van der Waals surface area contributed by atoms with Crippen molar-refractivity contribution in [3.05, 3.63) is 205 Å². The average Bonchev–Trinajstić information content (AvgIpc) is 3.64. The van der Waals surface area contributed by atoms with Gasteiger partial charge in [-0.1, -0.05) is 164 Å². The summed E-state index contributed by atoms with van der Waals surface area (Å²) in [7, 11) is 0. The summed E-state index contributed by atoms with van der Waals surface area (Å²) in [5, 5.41) is 13.1. The zero-order valence-corrected chi connectivity index (χ0v) is 29.8. The Hall–Kier alpha value is -7.30. The highest BCUT2D eigenvalue weighted by Gasteiger charge is 2.24. The number of nitrogens with zero attached hydrogens (tertiary/aromatic N) is 2. The van der Waals surface area contributed by atoms with Crippen molar-refractivity contribution >= 4 is 65.9 Å². The second-order valence-corrected chi connectivity index (χ2v) is 14.2. The van der Waals surface area contributed by atoms with Gasteiger partial charge in [0.25, 0.3) is 0 Å². The molecule has 4 nitrogen and oxygen atoms in total. The molecule has 1 aliphatic heterocycles. The largest absolute Gasteiger partial charge is 0.456 e. The Labute approximate surface area is 317 Å². The molecule has 1 aromatic heterocycles. The predicted octanol–water partition coefficient (Wildman–Crippen LogP) is 12.9. The van der Waals surface area contributed by atoms with Gasteiger partial charge in [0, 0.05) is 27.5 Å². The van der Waals surface area contributed by atoms with Gasteiger partial charge in [-0.15, -0.1) is 0 Å². The Kier molecular flexibility index (Phi) is 7.20. The maximum absolute atomic E-state index is 6.52. The predicted molar refractivity (Wildman–Crippen MR) is 229 cm³/mol. The van der Waals surface area contributed by atoms with Crippen LogP contribution in [0.1, 0.15) is 22.9 Å². The first kappa shape index (κ1) is 31.2. The van der Waals surface area contributed by atoms with Crippen LogP contribution in [0.4, 0.5) is 0 Å². The smallest absolute Gasteiger partial charge is 0.159 e. The molecule has 0 radical (unpaired) electrons. The monoisotopic (exact) mass is 703 g/mol. The van der Waals surface area contributed by atoms with Crippen LogP contribution in [-0.2, 0) is 0 Å². The number of fused-ring (bicyclic) bond motifs is 6. The molecule has 1 atom stereocenters. The maximum atomic E-state index is 6.52. The number of hydrogen-bond donors (Lipinski definition) is 1. The van der Waals surface area contributed by atoms with Crippen molar-refractivity contribution < 1.29 is 4.42 Å². The number of hydrogen-bond acceptors (Lipinski definition) is 4. The van der Waals surface area contributed by atoms with Crippen LogP contribution >= 0.6 is 0 Å². The quantitative estimate of drug-likeness (QED) is 0.194. The molecular weight excluding hydrogens is 671 g/mol. The average molecular weight is 704 g/mol. The van der Waals surface area contributed by atoms with Gasteiger partial charge in [0.15, 0.2) is 5.84 Å². The van der Waals surface area contributed by atoms with Gasteiger partial charge in [0.2, 0.25) is 0 Å². The lowest BCUT2D eigenvalue weighted by Crippen LogP contribution is -2.33. The zero-order chi connectivity index (χ0) is 36.3. The number of amidine groups is 2. The van der Waals surface area contributed by atoms with E-state index in [0.717, 1.165) is 66.4 Å². The van der Waals surface area contributed by atoms with Crippen LogP contribution in [0.15, 0.2) is 202 Å². The number of nitrogens with one attached hydrogen (secondary N) is 1. The minimum Gasteiger partial charge on any atom is -0.456 e. The van der Waals surface area contributed by atoms with E-state index in [1.54, 1.807) is 0 Å². The summed E-state index contributed by atoms with van der Waals surface area (Å²) < 4.78 is 6.52. The highest BCUT2D eigenvalue weighted by Crippen LogP contribution is 2.42. The highest BCUT2D eigenvalue weighted by molar-refractivity contribution is 6.17. The van der Waals surface area contributed by atoms with Crippen LogP contribution in [0.2, 0.25) is 0 Å². The third kappa shape index (κ3) is 5.30. The third-order valence-corrected chi connectivity index (χ3v) is 10.9. The molecule has 4 heteroatoms. The molecular formula is C51H33N3O. The van der Waals surface area contributed by atoms with E-state index in [1.807, 2.05) is 18.2 Å². The summed E-state index contributed by atoms with van der Waals surface area (Å²) in [4.78, 5) is 10.4. The fraction of sp³-hybridized carbons (Fsp3) is 0.0196. The van der Waals surface area contributed by atoms with Crippen LogP contribution in [0.3, 0.4) is 0 Å². The van der Waals surface area contributed by atoms with E-state index in [0.29, 0.717) is 5.84 Å². The second kappa shape index (κ2) is 12.7. The summed E-state index contributed by atoms with van der Waals surface area (Å²) in [5.74, 6) is 1.51. The van der Waals surface area contributed by atoms with Gasteiger partial charge < -0.3 is 9.73 Å². The lowest BCUT2D eigenvalue weighted by molar-refractivity contribution is 0.669. The van der Waals surface area contributed by atoms with E-state index in [-0.39, 0.29) is 6.17 Å². The first-order valence-electron chi connectivity index (χ1n) is 18.7. The molecule has 0 amide bonds. The Morgan fingerprint density at radius 2 is 1.13 bits per heavy atom. The molecule has 55 heavy (non-hydrogen) atoms. The summed E-state index contributed by atoms with van der Waals surface area (Å²) in [6.07, 6.45) is -0.359. The number of rotatable bonds is 5. The topological polar surface area (TPSA) is 49.9 Å². The van der Waals surface area contributed by atoms with E-state index >= 15 is 0 Å². The number of furan rings is 1. The van der Waals surface area contributed by atoms with Crippen LogP contribution in [-0.4, -0.2) is 11.7 Å². The minimum absolute atomic E-state index is 0.359. The Morgan fingerprint density at radius 3 is 2.02 bits per heavy atom. The van der Waals surface area contributed by atoms with E-state index in [9.17, 15) is 0 Å². The fourth-order valence-corrected chi connectivity index (χ4v) is 8.30. The van der Waals surface area contributed by atoms with Crippen LogP contribution in [0.5, 0.6) is 0 Å². The van der Waals surface area contributed by atoms with Gasteiger partial charge in [0.1, 0.15) is 23.2 Å². The van der Waals surface area contributed by atoms with E-state index in [2.05, 4.69) is 175 Å². The standard InChI is InChI=1S/C51H33N3O/c1-2-14-34(15-3-1)49-52-50(37-25-24-32-12-4-5-16-35(32)30-37)54-51(53-49)44-28-27-42(40-19-8-9-20-41(40)44)43-22-11-23-47-48(43)45-31-36(26-29-46(45)55-47)39-21-10-17-33-13-6-7-18-38(33)39/h1-31,51H,(H,52,53,54). The SMILES string of the molecule is c1ccc(C2=NC(c3ccc(-c4cccc5oc6ccc(-c7cccc8ccccc78)cc6c45)c4ccccc34)NC(c3ccc4ccccc4c3)=N2)cc1. The summed E-state index contributed by atoms with van der Waals surface area (Å²) >= 11 is 0. The van der Waals surface area contributed by atoms with Gasteiger partial charge in [-0.3, -0.25) is 0 Å². The second-order valence-electron chi connectivity index (χ2n) is 14.2. The molecule has 9 aromatic carbocycles. The summed E-state index contributed by atoms with van der Waals surface area (Å²) in [6, 6.07) is 66.4. The molecule has 0 saturated carbocycles. The lowest BCUT2D eigenvalue weighted by atomic mass is 9.91.